The molecule has 0 unspecified atom stereocenters. The lowest BCUT2D eigenvalue weighted by Crippen LogP contribution is -2.28. The average molecular weight is 418 g/mol. The number of hydrogen-bond acceptors (Lipinski definition) is 6. The summed E-state index contributed by atoms with van der Waals surface area (Å²) >= 11 is 3.40. The fourth-order valence-electron chi connectivity index (χ4n) is 2.14. The van der Waals surface area contributed by atoms with Crippen molar-refractivity contribution in [2.45, 2.75) is 6.54 Å². The van der Waals surface area contributed by atoms with Crippen molar-refractivity contribution in [2.75, 3.05) is 13.7 Å². The van der Waals surface area contributed by atoms with Crippen LogP contribution in [0.25, 0.3) is 11.4 Å². The van der Waals surface area contributed by atoms with Crippen LogP contribution >= 0.6 is 15.9 Å². The predicted octanol–water partition coefficient (Wildman–Crippen LogP) is 3.20. The quantitative estimate of drug-likeness (QED) is 0.634. The van der Waals surface area contributed by atoms with E-state index in [0.29, 0.717) is 23.2 Å². The zero-order chi connectivity index (χ0) is 18.4. The number of carbonyl (C=O) groups is 1. The largest absolute Gasteiger partial charge is 0.497 e. The highest BCUT2D eigenvalue weighted by molar-refractivity contribution is 9.10. The second kappa shape index (κ2) is 8.48. The molecule has 0 spiro atoms. The van der Waals surface area contributed by atoms with Crippen LogP contribution in [0.15, 0.2) is 57.5 Å². The molecule has 8 heteroatoms. The Balaban J connectivity index is 1.50. The molecule has 2 aromatic carbocycles. The minimum absolute atomic E-state index is 0.125. The molecule has 7 nitrogen and oxygen atoms in total. The number of ether oxygens (including phenoxy) is 2. The first-order valence-corrected chi connectivity index (χ1v) is 8.55. The summed E-state index contributed by atoms with van der Waals surface area (Å²) < 4.78 is 16.6. The second-order valence-corrected chi connectivity index (χ2v) is 6.18. The van der Waals surface area contributed by atoms with Gasteiger partial charge in [-0.25, -0.2) is 0 Å². The van der Waals surface area contributed by atoms with E-state index in [4.69, 9.17) is 14.0 Å². The Kier molecular flexibility index (Phi) is 5.85. The van der Waals surface area contributed by atoms with Gasteiger partial charge in [-0.2, -0.15) is 4.98 Å². The van der Waals surface area contributed by atoms with E-state index in [9.17, 15) is 4.79 Å². The summed E-state index contributed by atoms with van der Waals surface area (Å²) in [4.78, 5) is 16.2. The van der Waals surface area contributed by atoms with Crippen molar-refractivity contribution >= 4 is 21.8 Å². The van der Waals surface area contributed by atoms with Gasteiger partial charge in [0.1, 0.15) is 11.5 Å². The third kappa shape index (κ3) is 4.82. The molecule has 0 saturated carbocycles. The van der Waals surface area contributed by atoms with Crippen LogP contribution in [0, 0.1) is 0 Å². The van der Waals surface area contributed by atoms with Crippen LogP contribution in [0.4, 0.5) is 0 Å². The summed E-state index contributed by atoms with van der Waals surface area (Å²) in [6.45, 7) is 0.00109. The van der Waals surface area contributed by atoms with E-state index < -0.39 is 0 Å². The maximum atomic E-state index is 11.9. The van der Waals surface area contributed by atoms with Gasteiger partial charge in [-0.1, -0.05) is 39.3 Å². The summed E-state index contributed by atoms with van der Waals surface area (Å²) in [7, 11) is 1.57. The number of aromatic nitrogens is 2. The van der Waals surface area contributed by atoms with E-state index in [1.165, 1.54) is 0 Å². The van der Waals surface area contributed by atoms with Gasteiger partial charge in [-0.15, -0.1) is 0 Å². The molecule has 0 aliphatic heterocycles. The molecule has 1 heterocycles. The zero-order valence-corrected chi connectivity index (χ0v) is 15.5. The van der Waals surface area contributed by atoms with Crippen LogP contribution in [0.3, 0.4) is 0 Å². The van der Waals surface area contributed by atoms with Crippen LogP contribution in [0.5, 0.6) is 11.5 Å². The van der Waals surface area contributed by atoms with Gasteiger partial charge in [-0.3, -0.25) is 4.79 Å². The number of hydrogen-bond donors (Lipinski definition) is 1. The summed E-state index contributed by atoms with van der Waals surface area (Å²) in [5, 5.41) is 6.59. The molecule has 134 valence electrons. The molecule has 0 radical (unpaired) electrons. The molecule has 3 aromatic rings. The minimum Gasteiger partial charge on any atom is -0.497 e. The van der Waals surface area contributed by atoms with E-state index in [2.05, 4.69) is 31.4 Å². The summed E-state index contributed by atoms with van der Waals surface area (Å²) in [5.41, 5.74) is 0.821. The first-order valence-electron chi connectivity index (χ1n) is 7.76. The molecule has 0 aliphatic rings. The van der Waals surface area contributed by atoms with E-state index >= 15 is 0 Å². The van der Waals surface area contributed by atoms with Gasteiger partial charge < -0.3 is 19.3 Å². The maximum Gasteiger partial charge on any atom is 0.258 e. The maximum absolute atomic E-state index is 11.9. The van der Waals surface area contributed by atoms with Gasteiger partial charge >= 0.3 is 0 Å². The molecule has 3 rings (SSSR count). The van der Waals surface area contributed by atoms with E-state index in [0.717, 1.165) is 10.0 Å². The van der Waals surface area contributed by atoms with Crippen LogP contribution in [-0.4, -0.2) is 29.8 Å². The Hall–Kier alpha value is -2.87. The molecule has 26 heavy (non-hydrogen) atoms. The molecule has 0 fully saturated rings. The van der Waals surface area contributed by atoms with Crippen LogP contribution < -0.4 is 14.8 Å². The number of nitrogens with one attached hydrogen (secondary N) is 1. The normalized spacial score (nSPS) is 10.4. The van der Waals surface area contributed by atoms with Crippen molar-refractivity contribution in [3.63, 3.8) is 0 Å². The number of methoxy groups -OCH3 is 1. The van der Waals surface area contributed by atoms with E-state index in [-0.39, 0.29) is 19.1 Å². The lowest BCUT2D eigenvalue weighted by atomic mass is 10.2. The van der Waals surface area contributed by atoms with E-state index in [1.807, 2.05) is 24.3 Å². The molecule has 0 saturated heterocycles. The number of benzene rings is 2. The summed E-state index contributed by atoms with van der Waals surface area (Å²) in [6.07, 6.45) is 0. The standard InChI is InChI=1S/C18H16BrN3O4/c1-24-14-6-3-7-15(9-14)25-11-16(23)20-10-17-21-18(22-26-17)12-4-2-5-13(19)8-12/h2-9H,10-11H2,1H3,(H,20,23). The van der Waals surface area contributed by atoms with Gasteiger partial charge in [0, 0.05) is 16.1 Å². The Morgan fingerprint density at radius 3 is 2.81 bits per heavy atom. The van der Waals surface area contributed by atoms with Gasteiger partial charge in [0.25, 0.3) is 5.91 Å². The van der Waals surface area contributed by atoms with Crippen molar-refractivity contribution in [3.05, 3.63) is 58.9 Å². The van der Waals surface area contributed by atoms with Crippen molar-refractivity contribution in [3.8, 4) is 22.9 Å². The minimum atomic E-state index is -0.296. The number of nitrogens with zero attached hydrogens (tertiary/aromatic N) is 2. The highest BCUT2D eigenvalue weighted by atomic mass is 79.9. The van der Waals surface area contributed by atoms with Crippen molar-refractivity contribution in [1.82, 2.24) is 15.5 Å². The number of halogens is 1. The predicted molar refractivity (Wildman–Crippen MR) is 97.8 cm³/mol. The van der Waals surface area contributed by atoms with Crippen molar-refractivity contribution < 1.29 is 18.8 Å². The van der Waals surface area contributed by atoms with Crippen molar-refractivity contribution in [2.24, 2.45) is 0 Å². The van der Waals surface area contributed by atoms with Gasteiger partial charge in [-0.05, 0) is 24.3 Å². The first kappa shape index (κ1) is 17.9. The SMILES string of the molecule is COc1cccc(OCC(=O)NCc2nc(-c3cccc(Br)c3)no2)c1. The van der Waals surface area contributed by atoms with Gasteiger partial charge in [0.15, 0.2) is 6.61 Å². The highest BCUT2D eigenvalue weighted by Gasteiger charge is 2.10. The molecule has 0 aliphatic carbocycles. The monoisotopic (exact) mass is 417 g/mol. The average Bonchev–Trinajstić information content (AvgIpc) is 3.14. The van der Waals surface area contributed by atoms with Gasteiger partial charge in [0.05, 0.1) is 13.7 Å². The van der Waals surface area contributed by atoms with Crippen molar-refractivity contribution in [1.29, 1.82) is 0 Å². The lowest BCUT2D eigenvalue weighted by Gasteiger charge is -2.07. The van der Waals surface area contributed by atoms with Crippen LogP contribution in [0.2, 0.25) is 0 Å². The van der Waals surface area contributed by atoms with E-state index in [1.54, 1.807) is 31.4 Å². The Bertz CT molecular complexity index is 897. The van der Waals surface area contributed by atoms with Crippen LogP contribution in [0.1, 0.15) is 5.89 Å². The zero-order valence-electron chi connectivity index (χ0n) is 13.9. The number of rotatable bonds is 7. The fourth-order valence-corrected chi connectivity index (χ4v) is 2.54. The number of amides is 1. The smallest absolute Gasteiger partial charge is 0.258 e. The molecule has 1 amide bonds. The second-order valence-electron chi connectivity index (χ2n) is 5.27. The molecule has 0 bridgehead atoms. The molecular formula is C18H16BrN3O4. The highest BCUT2D eigenvalue weighted by Crippen LogP contribution is 2.20. The van der Waals surface area contributed by atoms with Crippen LogP contribution in [-0.2, 0) is 11.3 Å². The summed E-state index contributed by atoms with van der Waals surface area (Å²) in [6, 6.07) is 14.6. The molecule has 0 atom stereocenters. The third-order valence-electron chi connectivity index (χ3n) is 3.40. The molecule has 1 N–H and O–H groups in total. The van der Waals surface area contributed by atoms with Gasteiger partial charge in [0.2, 0.25) is 11.7 Å². The number of carbonyl (C=O) groups excluding carboxylic acids is 1. The Morgan fingerprint density at radius 1 is 1.19 bits per heavy atom. The summed E-state index contributed by atoms with van der Waals surface area (Å²) in [5.74, 6) is 1.69. The topological polar surface area (TPSA) is 86.5 Å². The fraction of sp³-hybridized carbons (Fsp3) is 0.167. The first-order chi connectivity index (χ1) is 12.6. The Labute approximate surface area is 158 Å². The molecule has 1 aromatic heterocycles. The Morgan fingerprint density at radius 2 is 2.00 bits per heavy atom. The molecular weight excluding hydrogens is 402 g/mol. The third-order valence-corrected chi connectivity index (χ3v) is 3.89. The lowest BCUT2D eigenvalue weighted by molar-refractivity contribution is -0.123.